The number of benzene rings is 1. The summed E-state index contributed by atoms with van der Waals surface area (Å²) in [6.07, 6.45) is 4.25. The van der Waals surface area contributed by atoms with E-state index in [0.717, 1.165) is 12.0 Å². The number of nitrogens with one attached hydrogen (secondary N) is 1. The van der Waals surface area contributed by atoms with Crippen LogP contribution in [0.1, 0.15) is 25.0 Å². The predicted octanol–water partition coefficient (Wildman–Crippen LogP) is 2.90. The Morgan fingerprint density at radius 1 is 1.44 bits per heavy atom. The lowest BCUT2D eigenvalue weighted by molar-refractivity contribution is -0.126. The normalized spacial score (nSPS) is 20.5. The fourth-order valence-electron chi connectivity index (χ4n) is 3.17. The molecule has 1 N–H and O–H groups in total. The quantitative estimate of drug-likeness (QED) is 0.668. The summed E-state index contributed by atoms with van der Waals surface area (Å²) in [6.45, 7) is 4.65. The lowest BCUT2D eigenvalue weighted by atomic mass is 9.96. The van der Waals surface area contributed by atoms with Crippen LogP contribution in [0.25, 0.3) is 0 Å². The van der Waals surface area contributed by atoms with Gasteiger partial charge >= 0.3 is 0 Å². The molecule has 0 bridgehead atoms. The zero-order valence-electron chi connectivity index (χ0n) is 15.8. The molecular formula is C20H27N3O3S. The molecule has 3 atom stereocenters. The molecule has 1 amide bonds. The molecule has 6 nitrogen and oxygen atoms in total. The molecule has 0 radical (unpaired) electrons. The van der Waals surface area contributed by atoms with Gasteiger partial charge in [-0.15, -0.1) is 11.8 Å². The van der Waals surface area contributed by atoms with Gasteiger partial charge in [-0.1, -0.05) is 25.1 Å². The summed E-state index contributed by atoms with van der Waals surface area (Å²) >= 11 is 1.77. The van der Waals surface area contributed by atoms with Crippen LogP contribution in [0.5, 0.6) is 0 Å². The van der Waals surface area contributed by atoms with E-state index >= 15 is 0 Å². The van der Waals surface area contributed by atoms with Crippen LogP contribution in [-0.4, -0.2) is 47.8 Å². The average molecular weight is 390 g/mol. The average Bonchev–Trinajstić information content (AvgIpc) is 3.34. The first kappa shape index (κ1) is 19.9. The van der Waals surface area contributed by atoms with E-state index in [-0.39, 0.29) is 17.9 Å². The molecule has 0 aliphatic carbocycles. The summed E-state index contributed by atoms with van der Waals surface area (Å²) in [5, 5.41) is 7.73. The summed E-state index contributed by atoms with van der Waals surface area (Å²) in [7, 11) is 1.67. The van der Waals surface area contributed by atoms with Gasteiger partial charge in [-0.2, -0.15) is 5.10 Å². The summed E-state index contributed by atoms with van der Waals surface area (Å²) in [5.74, 6) is -0.110. The van der Waals surface area contributed by atoms with Crippen molar-refractivity contribution in [1.82, 2.24) is 15.1 Å². The number of carbonyl (C=O) groups is 1. The minimum absolute atomic E-state index is 0.0580. The van der Waals surface area contributed by atoms with Gasteiger partial charge in [-0.25, -0.2) is 0 Å². The molecule has 146 valence electrons. The van der Waals surface area contributed by atoms with Crippen molar-refractivity contribution < 1.29 is 14.3 Å². The first-order valence-electron chi connectivity index (χ1n) is 9.29. The number of carbonyl (C=O) groups excluding carboxylic acids is 1. The largest absolute Gasteiger partial charge is 0.383 e. The van der Waals surface area contributed by atoms with Gasteiger partial charge in [-0.05, 0) is 18.6 Å². The number of nitrogens with zero attached hydrogens (tertiary/aromatic N) is 2. The Morgan fingerprint density at radius 3 is 3.04 bits per heavy atom. The first-order chi connectivity index (χ1) is 13.2. The molecule has 3 rings (SSSR count). The number of methoxy groups -OCH3 is 1. The minimum Gasteiger partial charge on any atom is -0.383 e. The summed E-state index contributed by atoms with van der Waals surface area (Å²) in [5.41, 5.74) is 0.954. The lowest BCUT2D eigenvalue weighted by Crippen LogP contribution is -2.35. The van der Waals surface area contributed by atoms with Crippen molar-refractivity contribution in [3.8, 4) is 0 Å². The van der Waals surface area contributed by atoms with Gasteiger partial charge < -0.3 is 14.8 Å². The first-order valence-corrected chi connectivity index (χ1v) is 10.2. The Morgan fingerprint density at radius 2 is 2.26 bits per heavy atom. The van der Waals surface area contributed by atoms with Crippen molar-refractivity contribution in [2.24, 2.45) is 5.92 Å². The van der Waals surface area contributed by atoms with E-state index in [0.29, 0.717) is 31.6 Å². The van der Waals surface area contributed by atoms with Crippen molar-refractivity contribution in [3.05, 3.63) is 48.3 Å². The maximum atomic E-state index is 12.7. The smallest absolute Gasteiger partial charge is 0.226 e. The molecule has 27 heavy (non-hydrogen) atoms. The van der Waals surface area contributed by atoms with Crippen molar-refractivity contribution in [2.45, 2.75) is 36.1 Å². The summed E-state index contributed by atoms with van der Waals surface area (Å²) in [4.78, 5) is 13.9. The van der Waals surface area contributed by atoms with Crippen molar-refractivity contribution in [3.63, 3.8) is 0 Å². The molecule has 1 aliphatic heterocycles. The molecular weight excluding hydrogens is 362 g/mol. The second-order valence-corrected chi connectivity index (χ2v) is 8.21. The second-order valence-electron chi connectivity index (χ2n) is 6.70. The van der Waals surface area contributed by atoms with Gasteiger partial charge in [0.15, 0.2) is 0 Å². The molecule has 0 spiro atoms. The molecule has 7 heteroatoms. The van der Waals surface area contributed by atoms with Crippen LogP contribution in [-0.2, 0) is 20.8 Å². The van der Waals surface area contributed by atoms with Crippen molar-refractivity contribution in [1.29, 1.82) is 0 Å². The summed E-state index contributed by atoms with van der Waals surface area (Å²) in [6, 6.07) is 10.2. The van der Waals surface area contributed by atoms with Crippen molar-refractivity contribution >= 4 is 17.7 Å². The Kier molecular flexibility index (Phi) is 7.32. The number of thioether (sulfide) groups is 1. The van der Waals surface area contributed by atoms with Crippen molar-refractivity contribution in [2.75, 3.05) is 26.9 Å². The van der Waals surface area contributed by atoms with E-state index in [1.165, 1.54) is 4.90 Å². The van der Waals surface area contributed by atoms with Gasteiger partial charge in [0.05, 0.1) is 31.4 Å². The van der Waals surface area contributed by atoms with E-state index in [9.17, 15) is 4.79 Å². The fourth-order valence-corrected chi connectivity index (χ4v) is 4.11. The van der Waals surface area contributed by atoms with Gasteiger partial charge in [0.1, 0.15) is 0 Å². The van der Waals surface area contributed by atoms with Gasteiger partial charge in [-0.3, -0.25) is 9.48 Å². The Bertz CT molecular complexity index is 722. The predicted molar refractivity (Wildman–Crippen MR) is 106 cm³/mol. The Hall–Kier alpha value is -1.83. The third-order valence-electron chi connectivity index (χ3n) is 4.58. The minimum atomic E-state index is -0.224. The Balaban J connectivity index is 1.51. The standard InChI is InChI=1S/C20H27N3O3S/c1-15(27-17-6-4-3-5-7-17)12-21-20(24)18-8-10-26-19(18)16-13-22-23(14-16)9-11-25-2/h3-7,13-15,18-19H,8-12H2,1-2H3,(H,21,24)/t15-,18+,19-/m1/s1. The van der Waals surface area contributed by atoms with Gasteiger partial charge in [0, 0.05) is 42.2 Å². The maximum absolute atomic E-state index is 12.7. The van der Waals surface area contributed by atoms with Crippen LogP contribution < -0.4 is 5.32 Å². The topological polar surface area (TPSA) is 65.4 Å². The van der Waals surface area contributed by atoms with Crippen LogP contribution >= 0.6 is 11.8 Å². The van der Waals surface area contributed by atoms with Crippen LogP contribution in [0.2, 0.25) is 0 Å². The third-order valence-corrected chi connectivity index (χ3v) is 5.69. The van der Waals surface area contributed by atoms with Crippen LogP contribution in [0.3, 0.4) is 0 Å². The van der Waals surface area contributed by atoms with Crippen LogP contribution in [0.15, 0.2) is 47.6 Å². The fraction of sp³-hybridized carbons (Fsp3) is 0.500. The molecule has 1 saturated heterocycles. The molecule has 1 fully saturated rings. The third kappa shape index (κ3) is 5.57. The van der Waals surface area contributed by atoms with E-state index in [1.807, 2.05) is 29.1 Å². The maximum Gasteiger partial charge on any atom is 0.226 e. The van der Waals surface area contributed by atoms with E-state index in [1.54, 1.807) is 25.1 Å². The molecule has 1 aromatic carbocycles. The number of hydrogen-bond acceptors (Lipinski definition) is 5. The monoisotopic (exact) mass is 389 g/mol. The number of hydrogen-bond donors (Lipinski definition) is 1. The molecule has 2 heterocycles. The van der Waals surface area contributed by atoms with E-state index in [2.05, 4.69) is 29.5 Å². The highest BCUT2D eigenvalue weighted by atomic mass is 32.2. The molecule has 1 aromatic heterocycles. The SMILES string of the molecule is COCCn1cc([C@H]2OCC[C@@H]2C(=O)NC[C@@H](C)Sc2ccccc2)cn1. The van der Waals surface area contributed by atoms with E-state index in [4.69, 9.17) is 9.47 Å². The van der Waals surface area contributed by atoms with E-state index < -0.39 is 0 Å². The van der Waals surface area contributed by atoms with Gasteiger partial charge in [0.25, 0.3) is 0 Å². The second kappa shape index (κ2) is 9.92. The van der Waals surface area contributed by atoms with Crippen LogP contribution in [0.4, 0.5) is 0 Å². The highest BCUT2D eigenvalue weighted by molar-refractivity contribution is 8.00. The zero-order chi connectivity index (χ0) is 19.1. The molecule has 2 aromatic rings. The lowest BCUT2D eigenvalue weighted by Gasteiger charge is -2.19. The molecule has 0 saturated carbocycles. The molecule has 1 aliphatic rings. The van der Waals surface area contributed by atoms with Gasteiger partial charge in [0.2, 0.25) is 5.91 Å². The number of ether oxygens (including phenoxy) is 2. The zero-order valence-corrected chi connectivity index (χ0v) is 16.7. The number of aromatic nitrogens is 2. The highest BCUT2D eigenvalue weighted by Crippen LogP contribution is 2.34. The Labute approximate surface area is 164 Å². The highest BCUT2D eigenvalue weighted by Gasteiger charge is 2.36. The van der Waals surface area contributed by atoms with Crippen LogP contribution in [0, 0.1) is 5.92 Å². The molecule has 0 unspecified atom stereocenters. The number of rotatable bonds is 9. The number of amides is 1. The summed E-state index contributed by atoms with van der Waals surface area (Å²) < 4.78 is 12.7.